The predicted octanol–water partition coefficient (Wildman–Crippen LogP) is 1.77. The third kappa shape index (κ3) is 2.98. The fourth-order valence-electron chi connectivity index (χ4n) is 3.82. The van der Waals surface area contributed by atoms with Crippen molar-refractivity contribution in [1.29, 1.82) is 0 Å². The molecule has 0 bridgehead atoms. The Morgan fingerprint density at radius 2 is 1.89 bits per heavy atom. The summed E-state index contributed by atoms with van der Waals surface area (Å²) in [5.74, 6) is 0.419. The smallest absolute Gasteiger partial charge is 0.328 e. The lowest BCUT2D eigenvalue weighted by atomic mass is 10.1. The van der Waals surface area contributed by atoms with Gasteiger partial charge in [-0.3, -0.25) is 9.69 Å². The van der Waals surface area contributed by atoms with E-state index in [-0.39, 0.29) is 25.1 Å². The van der Waals surface area contributed by atoms with Crippen molar-refractivity contribution >= 4 is 33.8 Å². The fourth-order valence-corrected chi connectivity index (χ4v) is 4.09. The number of guanidine groups is 1. The summed E-state index contributed by atoms with van der Waals surface area (Å²) >= 11 is 3.40. The zero-order valence-electron chi connectivity index (χ0n) is 15.7. The third-order valence-electron chi connectivity index (χ3n) is 5.30. The number of fused-ring (bicyclic) bond motifs is 3. The number of aliphatic imine (C=N–C) groups is 1. The minimum absolute atomic E-state index is 0.0855. The van der Waals surface area contributed by atoms with Crippen LogP contribution in [0.3, 0.4) is 0 Å². The molecule has 1 aromatic rings. The highest BCUT2D eigenvalue weighted by Gasteiger charge is 2.54. The number of carbonyl (C=O) groups is 2. The molecule has 8 nitrogen and oxygen atoms in total. The highest BCUT2D eigenvalue weighted by molar-refractivity contribution is 9.10. The van der Waals surface area contributed by atoms with Crippen molar-refractivity contribution in [2.45, 2.75) is 32.1 Å². The van der Waals surface area contributed by atoms with Crippen LogP contribution in [0, 0.1) is 0 Å². The van der Waals surface area contributed by atoms with Gasteiger partial charge in [-0.1, -0.05) is 28.1 Å². The number of carbonyl (C=O) groups excluding carboxylic acids is 2. The van der Waals surface area contributed by atoms with E-state index in [1.54, 1.807) is 7.05 Å². The number of hydrogen-bond donors (Lipinski definition) is 1. The monoisotopic (exact) mass is 447 g/mol. The Hall–Kier alpha value is -2.39. The van der Waals surface area contributed by atoms with Gasteiger partial charge in [0, 0.05) is 36.6 Å². The number of hydrogen-bond acceptors (Lipinski definition) is 6. The Kier molecular flexibility index (Phi) is 4.88. The first kappa shape index (κ1) is 18.9. The SMILES string of the molecule is CC1=CN2C(=NC3C2C(=O)N(Cc2ccc(Br)cc2)C(=O)N3C)N1CCCO. The maximum absolute atomic E-state index is 13.3. The molecule has 3 aliphatic heterocycles. The van der Waals surface area contributed by atoms with Crippen LogP contribution in [0.25, 0.3) is 0 Å². The van der Waals surface area contributed by atoms with Crippen LogP contribution in [0.2, 0.25) is 0 Å². The molecule has 1 N–H and O–H groups in total. The highest BCUT2D eigenvalue weighted by Crippen LogP contribution is 2.34. The lowest BCUT2D eigenvalue weighted by Gasteiger charge is -2.40. The minimum atomic E-state index is -0.567. The molecule has 0 aromatic heterocycles. The van der Waals surface area contributed by atoms with E-state index in [1.807, 2.05) is 47.2 Å². The van der Waals surface area contributed by atoms with Crippen molar-refractivity contribution in [2.24, 2.45) is 4.99 Å². The number of allylic oxidation sites excluding steroid dienone is 1. The van der Waals surface area contributed by atoms with Crippen LogP contribution in [0.5, 0.6) is 0 Å². The molecule has 4 rings (SSSR count). The number of rotatable bonds is 5. The second-order valence-corrected chi connectivity index (χ2v) is 8.05. The number of likely N-dealkylation sites (N-methyl/N-ethyl adjacent to an activating group) is 1. The van der Waals surface area contributed by atoms with Gasteiger partial charge < -0.3 is 19.8 Å². The van der Waals surface area contributed by atoms with Gasteiger partial charge in [-0.15, -0.1) is 0 Å². The van der Waals surface area contributed by atoms with Crippen molar-refractivity contribution in [3.63, 3.8) is 0 Å². The van der Waals surface area contributed by atoms with E-state index in [0.717, 1.165) is 15.7 Å². The zero-order chi connectivity index (χ0) is 20.0. The average Bonchev–Trinajstić information content (AvgIpc) is 3.18. The molecular weight excluding hydrogens is 426 g/mol. The minimum Gasteiger partial charge on any atom is -0.396 e. The highest BCUT2D eigenvalue weighted by atomic mass is 79.9. The molecule has 2 unspecified atom stereocenters. The van der Waals surface area contributed by atoms with Gasteiger partial charge >= 0.3 is 6.03 Å². The molecule has 3 heterocycles. The first-order chi connectivity index (χ1) is 13.4. The van der Waals surface area contributed by atoms with Crippen LogP contribution in [0.15, 0.2) is 45.6 Å². The molecule has 148 valence electrons. The number of benzene rings is 1. The van der Waals surface area contributed by atoms with Gasteiger partial charge in [0.05, 0.1) is 6.54 Å². The van der Waals surface area contributed by atoms with E-state index >= 15 is 0 Å². The van der Waals surface area contributed by atoms with Crippen LogP contribution in [-0.2, 0) is 11.3 Å². The van der Waals surface area contributed by atoms with E-state index in [9.17, 15) is 9.59 Å². The maximum Gasteiger partial charge on any atom is 0.328 e. The average molecular weight is 448 g/mol. The van der Waals surface area contributed by atoms with Gasteiger partial charge in [-0.05, 0) is 31.0 Å². The fraction of sp³-hybridized carbons (Fsp3) is 0.421. The maximum atomic E-state index is 13.3. The molecule has 1 fully saturated rings. The Morgan fingerprint density at radius 3 is 2.57 bits per heavy atom. The second-order valence-electron chi connectivity index (χ2n) is 7.14. The van der Waals surface area contributed by atoms with Gasteiger partial charge in [0.15, 0.2) is 12.2 Å². The van der Waals surface area contributed by atoms with Gasteiger partial charge in [-0.2, -0.15) is 0 Å². The van der Waals surface area contributed by atoms with Crippen LogP contribution < -0.4 is 0 Å². The van der Waals surface area contributed by atoms with E-state index in [4.69, 9.17) is 5.11 Å². The molecule has 28 heavy (non-hydrogen) atoms. The number of urea groups is 1. The summed E-state index contributed by atoms with van der Waals surface area (Å²) in [6.45, 7) is 2.87. The first-order valence-electron chi connectivity index (χ1n) is 9.18. The van der Waals surface area contributed by atoms with Crippen LogP contribution in [-0.4, -0.2) is 75.0 Å². The van der Waals surface area contributed by atoms with Crippen molar-refractivity contribution in [2.75, 3.05) is 20.2 Å². The molecule has 1 aromatic carbocycles. The molecule has 0 radical (unpaired) electrons. The van der Waals surface area contributed by atoms with E-state index in [2.05, 4.69) is 20.9 Å². The summed E-state index contributed by atoms with van der Waals surface area (Å²) < 4.78 is 0.944. The van der Waals surface area contributed by atoms with Crippen LogP contribution >= 0.6 is 15.9 Å². The lowest BCUT2D eigenvalue weighted by molar-refractivity contribution is -0.137. The lowest BCUT2D eigenvalue weighted by Crippen LogP contribution is -2.63. The van der Waals surface area contributed by atoms with E-state index in [1.165, 1.54) is 9.80 Å². The Balaban J connectivity index is 1.60. The summed E-state index contributed by atoms with van der Waals surface area (Å²) in [5, 5.41) is 9.15. The Bertz CT molecular complexity index is 869. The number of aliphatic hydroxyl groups excluding tert-OH is 1. The van der Waals surface area contributed by atoms with Crippen molar-refractivity contribution in [1.82, 2.24) is 19.6 Å². The Morgan fingerprint density at radius 1 is 1.18 bits per heavy atom. The number of imide groups is 1. The summed E-state index contributed by atoms with van der Waals surface area (Å²) in [7, 11) is 1.68. The number of halogens is 1. The summed E-state index contributed by atoms with van der Waals surface area (Å²) in [6, 6.07) is 6.66. The standard InChI is InChI=1S/C19H22BrN5O3/c1-12-10-24-15-16(21-18(24)23(12)8-3-9-26)22(2)19(28)25(17(15)27)11-13-4-6-14(20)7-5-13/h4-7,10,15-16,26H,3,8-9,11H2,1-2H3. The molecule has 3 aliphatic rings. The number of amides is 3. The molecule has 0 saturated carbocycles. The summed E-state index contributed by atoms with van der Waals surface area (Å²) in [4.78, 5) is 37.5. The second kappa shape index (κ2) is 7.21. The van der Waals surface area contributed by atoms with Crippen molar-refractivity contribution in [3.8, 4) is 0 Å². The third-order valence-corrected chi connectivity index (χ3v) is 5.82. The molecular formula is C19H22BrN5O3. The largest absolute Gasteiger partial charge is 0.396 e. The van der Waals surface area contributed by atoms with Crippen molar-refractivity contribution < 1.29 is 14.7 Å². The number of nitrogens with zero attached hydrogens (tertiary/aromatic N) is 5. The first-order valence-corrected chi connectivity index (χ1v) is 9.97. The quantitative estimate of drug-likeness (QED) is 0.743. The predicted molar refractivity (Wildman–Crippen MR) is 107 cm³/mol. The Labute approximate surface area is 171 Å². The molecule has 0 aliphatic carbocycles. The molecule has 3 amide bonds. The van der Waals surface area contributed by atoms with Gasteiger partial charge in [0.2, 0.25) is 5.96 Å². The normalized spacial score (nSPS) is 23.9. The van der Waals surface area contributed by atoms with Crippen molar-refractivity contribution in [3.05, 3.63) is 46.2 Å². The number of aliphatic hydroxyl groups is 1. The molecule has 9 heteroatoms. The molecule has 0 spiro atoms. The van der Waals surface area contributed by atoms with Crippen LogP contribution in [0.4, 0.5) is 4.79 Å². The summed E-state index contributed by atoms with van der Waals surface area (Å²) in [5.41, 5.74) is 1.85. The molecule has 1 saturated heterocycles. The van der Waals surface area contributed by atoms with Gasteiger partial charge in [-0.25, -0.2) is 9.79 Å². The van der Waals surface area contributed by atoms with E-state index in [0.29, 0.717) is 18.9 Å². The van der Waals surface area contributed by atoms with Crippen LogP contribution in [0.1, 0.15) is 18.9 Å². The molecule has 2 atom stereocenters. The zero-order valence-corrected chi connectivity index (χ0v) is 17.3. The van der Waals surface area contributed by atoms with Gasteiger partial charge in [0.1, 0.15) is 0 Å². The van der Waals surface area contributed by atoms with E-state index < -0.39 is 12.2 Å². The summed E-state index contributed by atoms with van der Waals surface area (Å²) in [6.07, 6.45) is 1.96. The topological polar surface area (TPSA) is 79.7 Å². The van der Waals surface area contributed by atoms with Gasteiger partial charge in [0.25, 0.3) is 5.91 Å².